The maximum atomic E-state index is 12.4. The van der Waals surface area contributed by atoms with Crippen LogP contribution < -0.4 is 10.0 Å². The zero-order valence-electron chi connectivity index (χ0n) is 17.1. The summed E-state index contributed by atoms with van der Waals surface area (Å²) >= 11 is 0. The minimum Gasteiger partial charge on any atom is -0.383 e. The van der Waals surface area contributed by atoms with Crippen LogP contribution in [0, 0.1) is 6.92 Å². The van der Waals surface area contributed by atoms with E-state index in [1.54, 1.807) is 24.3 Å². The van der Waals surface area contributed by atoms with Gasteiger partial charge in [-0.3, -0.25) is 9.48 Å². The van der Waals surface area contributed by atoms with E-state index in [1.807, 2.05) is 36.0 Å². The second kappa shape index (κ2) is 9.84. The molecule has 0 fully saturated rings. The van der Waals surface area contributed by atoms with E-state index >= 15 is 0 Å². The molecular weight excluding hydrogens is 404 g/mol. The molecule has 0 atom stereocenters. The van der Waals surface area contributed by atoms with E-state index in [0.717, 1.165) is 16.5 Å². The summed E-state index contributed by atoms with van der Waals surface area (Å²) in [5.41, 5.74) is 3.29. The highest BCUT2D eigenvalue weighted by atomic mass is 32.2. The van der Waals surface area contributed by atoms with E-state index in [4.69, 9.17) is 4.74 Å². The molecule has 2 N–H and O–H groups in total. The third kappa shape index (κ3) is 5.88. The molecule has 3 rings (SSSR count). The van der Waals surface area contributed by atoms with Crippen LogP contribution in [-0.2, 0) is 31.9 Å². The minimum absolute atomic E-state index is 0.162. The monoisotopic (exact) mass is 430 g/mol. The molecule has 0 saturated carbocycles. The topological polar surface area (TPSA) is 102 Å². The van der Waals surface area contributed by atoms with E-state index in [0.29, 0.717) is 24.4 Å². The molecule has 0 spiro atoms. The number of aromatic nitrogens is 2. The Morgan fingerprint density at radius 3 is 2.80 bits per heavy atom. The number of aryl methyl sites for hydroxylation is 2. The fraction of sp³-hybridized carbons (Fsp3) is 0.333. The molecule has 1 aromatic heterocycles. The van der Waals surface area contributed by atoms with Crippen molar-refractivity contribution in [3.05, 3.63) is 59.8 Å². The van der Waals surface area contributed by atoms with Gasteiger partial charge in [0.1, 0.15) is 0 Å². The number of fused-ring (bicyclic) bond motifs is 1. The van der Waals surface area contributed by atoms with Gasteiger partial charge in [-0.05, 0) is 36.2 Å². The van der Waals surface area contributed by atoms with Crippen molar-refractivity contribution in [2.45, 2.75) is 25.6 Å². The molecule has 0 unspecified atom stereocenters. The van der Waals surface area contributed by atoms with Gasteiger partial charge in [0.25, 0.3) is 0 Å². The Morgan fingerprint density at radius 1 is 1.20 bits per heavy atom. The second-order valence-electron chi connectivity index (χ2n) is 7.02. The summed E-state index contributed by atoms with van der Waals surface area (Å²) in [6, 6.07) is 12.8. The number of benzene rings is 2. The predicted octanol–water partition coefficient (Wildman–Crippen LogP) is 2.44. The number of sulfonamides is 1. The molecule has 0 aliphatic heterocycles. The first kappa shape index (κ1) is 21.9. The second-order valence-corrected chi connectivity index (χ2v) is 8.83. The molecular formula is C21H26N4O4S. The van der Waals surface area contributed by atoms with E-state index in [2.05, 4.69) is 15.1 Å². The highest BCUT2D eigenvalue weighted by Gasteiger charge is 2.12. The number of nitrogens with zero attached hydrogens (tertiary/aromatic N) is 2. The highest BCUT2D eigenvalue weighted by molar-refractivity contribution is 7.88. The third-order valence-corrected chi connectivity index (χ3v) is 6.01. The molecule has 3 aromatic rings. The Balaban J connectivity index is 1.57. The van der Waals surface area contributed by atoms with Gasteiger partial charge in [-0.15, -0.1) is 0 Å². The molecule has 0 aliphatic carbocycles. The van der Waals surface area contributed by atoms with E-state index in [-0.39, 0.29) is 24.6 Å². The van der Waals surface area contributed by atoms with Crippen LogP contribution in [0.2, 0.25) is 0 Å². The number of amides is 1. The fourth-order valence-corrected chi connectivity index (χ4v) is 4.28. The van der Waals surface area contributed by atoms with Crippen LogP contribution in [0.25, 0.3) is 10.9 Å². The molecule has 0 radical (unpaired) electrons. The normalized spacial score (nSPS) is 11.7. The number of carbonyl (C=O) groups excluding carboxylic acids is 1. The molecule has 9 heteroatoms. The third-order valence-electron chi connectivity index (χ3n) is 4.65. The van der Waals surface area contributed by atoms with E-state index in [1.165, 1.54) is 7.11 Å². The summed E-state index contributed by atoms with van der Waals surface area (Å²) in [7, 11) is -1.96. The van der Waals surface area contributed by atoms with Gasteiger partial charge in [-0.1, -0.05) is 24.3 Å². The largest absolute Gasteiger partial charge is 0.383 e. The number of carbonyl (C=O) groups is 1. The fourth-order valence-electron chi connectivity index (χ4n) is 3.17. The molecule has 0 aliphatic rings. The van der Waals surface area contributed by atoms with Gasteiger partial charge in [-0.25, -0.2) is 13.1 Å². The first-order chi connectivity index (χ1) is 14.4. The highest BCUT2D eigenvalue weighted by Crippen LogP contribution is 2.18. The minimum atomic E-state index is -3.47. The maximum absolute atomic E-state index is 12.4. The van der Waals surface area contributed by atoms with E-state index < -0.39 is 10.0 Å². The smallest absolute Gasteiger partial charge is 0.226 e. The lowest BCUT2D eigenvalue weighted by Gasteiger charge is -2.09. The molecule has 0 saturated heterocycles. The van der Waals surface area contributed by atoms with Crippen molar-refractivity contribution < 1.29 is 17.9 Å². The van der Waals surface area contributed by atoms with Crippen molar-refractivity contribution in [1.82, 2.24) is 14.5 Å². The zero-order valence-corrected chi connectivity index (χ0v) is 17.9. The van der Waals surface area contributed by atoms with Gasteiger partial charge in [-0.2, -0.15) is 5.10 Å². The van der Waals surface area contributed by atoms with Gasteiger partial charge in [0.05, 0.1) is 30.6 Å². The number of hydrogen-bond acceptors (Lipinski definition) is 5. The lowest BCUT2D eigenvalue weighted by molar-refractivity contribution is -0.116. The first-order valence-electron chi connectivity index (χ1n) is 9.64. The van der Waals surface area contributed by atoms with Crippen LogP contribution in [0.4, 0.5) is 5.69 Å². The van der Waals surface area contributed by atoms with Crippen molar-refractivity contribution in [2.75, 3.05) is 25.6 Å². The molecule has 8 nitrogen and oxygen atoms in total. The van der Waals surface area contributed by atoms with Crippen LogP contribution in [0.1, 0.15) is 17.5 Å². The van der Waals surface area contributed by atoms with Crippen LogP contribution in [0.5, 0.6) is 0 Å². The summed E-state index contributed by atoms with van der Waals surface area (Å²) in [6.45, 7) is 3.01. The lowest BCUT2D eigenvalue weighted by atomic mass is 10.1. The van der Waals surface area contributed by atoms with E-state index in [9.17, 15) is 13.2 Å². The molecule has 160 valence electrons. The summed E-state index contributed by atoms with van der Waals surface area (Å²) in [6.07, 6.45) is 2.07. The van der Waals surface area contributed by atoms with Gasteiger partial charge in [0.2, 0.25) is 15.9 Å². The SMILES string of the molecule is COCCNS(=O)(=O)Cc1cccc(NC(=O)CCn2ncc3c(C)cccc32)c1. The molecule has 1 amide bonds. The molecule has 30 heavy (non-hydrogen) atoms. The summed E-state index contributed by atoms with van der Waals surface area (Å²) in [5.74, 6) is -0.330. The standard InChI is InChI=1S/C21H26N4O4S/c1-16-5-3-8-20-19(16)14-22-25(20)11-9-21(26)24-18-7-4-6-17(13-18)15-30(27,28)23-10-12-29-2/h3-8,13-14,23H,9-12,15H2,1-2H3,(H,24,26). The Morgan fingerprint density at radius 2 is 2.00 bits per heavy atom. The van der Waals surface area contributed by atoms with Crippen LogP contribution in [-0.4, -0.2) is 44.4 Å². The van der Waals surface area contributed by atoms with Crippen molar-refractivity contribution in [3.8, 4) is 0 Å². The predicted molar refractivity (Wildman–Crippen MR) is 117 cm³/mol. The van der Waals surface area contributed by atoms with Gasteiger partial charge in [0.15, 0.2) is 0 Å². The Labute approximate surface area is 176 Å². The summed E-state index contributed by atoms with van der Waals surface area (Å²) in [4.78, 5) is 12.4. The molecule has 0 bridgehead atoms. The van der Waals surface area contributed by atoms with Crippen LogP contribution in [0.3, 0.4) is 0 Å². The molecule has 1 heterocycles. The zero-order chi connectivity index (χ0) is 21.6. The Hall–Kier alpha value is -2.75. The Kier molecular flexibility index (Phi) is 7.20. The summed E-state index contributed by atoms with van der Waals surface area (Å²) in [5, 5.41) is 8.28. The maximum Gasteiger partial charge on any atom is 0.226 e. The Bertz CT molecular complexity index is 1120. The van der Waals surface area contributed by atoms with Gasteiger partial charge < -0.3 is 10.1 Å². The number of hydrogen-bond donors (Lipinski definition) is 2. The summed E-state index contributed by atoms with van der Waals surface area (Å²) < 4.78 is 33.4. The quantitative estimate of drug-likeness (QED) is 0.481. The first-order valence-corrected chi connectivity index (χ1v) is 11.3. The van der Waals surface area contributed by atoms with Crippen LogP contribution >= 0.6 is 0 Å². The lowest BCUT2D eigenvalue weighted by Crippen LogP contribution is -2.28. The number of ether oxygens (including phenoxy) is 1. The number of anilines is 1. The van der Waals surface area contributed by atoms with Crippen molar-refractivity contribution in [2.24, 2.45) is 0 Å². The van der Waals surface area contributed by atoms with Crippen molar-refractivity contribution >= 4 is 32.5 Å². The molecule has 2 aromatic carbocycles. The van der Waals surface area contributed by atoms with Gasteiger partial charge in [0, 0.05) is 31.1 Å². The number of rotatable bonds is 10. The van der Waals surface area contributed by atoms with Crippen LogP contribution in [0.15, 0.2) is 48.7 Å². The number of methoxy groups -OCH3 is 1. The van der Waals surface area contributed by atoms with Gasteiger partial charge >= 0.3 is 0 Å². The number of nitrogens with one attached hydrogen (secondary N) is 2. The van der Waals surface area contributed by atoms with Crippen molar-refractivity contribution in [1.29, 1.82) is 0 Å². The average molecular weight is 431 g/mol. The van der Waals surface area contributed by atoms with Crippen molar-refractivity contribution in [3.63, 3.8) is 0 Å². The average Bonchev–Trinajstić information content (AvgIpc) is 3.11.